The van der Waals surface area contributed by atoms with E-state index in [1.54, 1.807) is 0 Å². The van der Waals surface area contributed by atoms with Crippen molar-refractivity contribution >= 4 is 0 Å². The lowest BCUT2D eigenvalue weighted by atomic mass is 9.91. The molecule has 0 amide bonds. The van der Waals surface area contributed by atoms with Gasteiger partial charge < -0.3 is 4.74 Å². The third kappa shape index (κ3) is 1.62. The Labute approximate surface area is 59.8 Å². The minimum atomic E-state index is 0.103. The number of hydrogen-bond acceptors (Lipinski definition) is 2. The lowest BCUT2D eigenvalue weighted by Crippen LogP contribution is -2.19. The molecule has 0 bridgehead atoms. The van der Waals surface area contributed by atoms with Crippen molar-refractivity contribution in [3.8, 4) is 0 Å². The van der Waals surface area contributed by atoms with Gasteiger partial charge in [-0.15, -0.1) is 0 Å². The number of rotatable bonds is 2. The average Bonchev–Trinajstić information content (AvgIpc) is 2.33. The number of nitrogens with zero attached hydrogens (tertiary/aromatic N) is 3. The lowest BCUT2D eigenvalue weighted by molar-refractivity contribution is 0.162. The van der Waals surface area contributed by atoms with E-state index >= 15 is 0 Å². The molecule has 10 heavy (non-hydrogen) atoms. The van der Waals surface area contributed by atoms with Crippen molar-refractivity contribution in [2.45, 2.75) is 13.3 Å². The van der Waals surface area contributed by atoms with Crippen LogP contribution < -0.4 is 0 Å². The molecule has 1 rings (SSSR count). The van der Waals surface area contributed by atoms with Crippen LogP contribution in [0.5, 0.6) is 0 Å². The second kappa shape index (κ2) is 2.90. The summed E-state index contributed by atoms with van der Waals surface area (Å²) >= 11 is 0. The Hall–Kier alpha value is -0.730. The quantitative estimate of drug-likeness (QED) is 0.328. The molecule has 1 heterocycles. The summed E-state index contributed by atoms with van der Waals surface area (Å²) in [4.78, 5) is 2.71. The molecule has 1 atom stereocenters. The molecule has 0 aromatic rings. The van der Waals surface area contributed by atoms with Gasteiger partial charge in [-0.2, -0.15) is 0 Å². The van der Waals surface area contributed by atoms with Crippen molar-refractivity contribution in [3.05, 3.63) is 10.4 Å². The first-order chi connectivity index (χ1) is 4.77. The van der Waals surface area contributed by atoms with Crippen LogP contribution in [0.1, 0.15) is 13.3 Å². The molecular formula is C6H11N3O. The van der Waals surface area contributed by atoms with Gasteiger partial charge in [0.1, 0.15) is 0 Å². The second-order valence-corrected chi connectivity index (χ2v) is 3.00. The highest BCUT2D eigenvalue weighted by atomic mass is 16.5. The molecule has 0 aromatic carbocycles. The largest absolute Gasteiger partial charge is 0.381 e. The maximum atomic E-state index is 8.06. The van der Waals surface area contributed by atoms with Gasteiger partial charge in [0, 0.05) is 18.1 Å². The average molecular weight is 141 g/mol. The first-order valence-corrected chi connectivity index (χ1v) is 3.35. The van der Waals surface area contributed by atoms with Gasteiger partial charge in [0.25, 0.3) is 0 Å². The summed E-state index contributed by atoms with van der Waals surface area (Å²) < 4.78 is 5.17. The highest BCUT2D eigenvalue weighted by Gasteiger charge is 2.28. The third-order valence-electron chi connectivity index (χ3n) is 1.82. The van der Waals surface area contributed by atoms with Crippen LogP contribution in [0.25, 0.3) is 10.4 Å². The first-order valence-electron chi connectivity index (χ1n) is 3.35. The first kappa shape index (κ1) is 7.38. The van der Waals surface area contributed by atoms with Crippen molar-refractivity contribution in [1.82, 2.24) is 0 Å². The second-order valence-electron chi connectivity index (χ2n) is 3.00. The van der Waals surface area contributed by atoms with E-state index in [1.807, 2.05) is 0 Å². The van der Waals surface area contributed by atoms with E-state index in [0.717, 1.165) is 19.6 Å². The van der Waals surface area contributed by atoms with Gasteiger partial charge in [-0.1, -0.05) is 12.0 Å². The molecule has 1 unspecified atom stereocenters. The molecule has 0 aromatic heterocycles. The van der Waals surface area contributed by atoms with Gasteiger partial charge in [-0.05, 0) is 17.4 Å². The van der Waals surface area contributed by atoms with E-state index in [-0.39, 0.29) is 5.41 Å². The van der Waals surface area contributed by atoms with Crippen LogP contribution in [-0.2, 0) is 4.74 Å². The van der Waals surface area contributed by atoms with Crippen molar-refractivity contribution in [2.75, 3.05) is 19.8 Å². The lowest BCUT2D eigenvalue weighted by Gasteiger charge is -2.17. The van der Waals surface area contributed by atoms with Crippen LogP contribution in [0, 0.1) is 5.41 Å². The fraction of sp³-hybridized carbons (Fsp3) is 1.00. The van der Waals surface area contributed by atoms with Gasteiger partial charge in [0.05, 0.1) is 6.61 Å². The van der Waals surface area contributed by atoms with Crippen LogP contribution in [0.2, 0.25) is 0 Å². The molecule has 1 fully saturated rings. The van der Waals surface area contributed by atoms with Gasteiger partial charge >= 0.3 is 0 Å². The Morgan fingerprint density at radius 2 is 2.60 bits per heavy atom. The summed E-state index contributed by atoms with van der Waals surface area (Å²) in [6.07, 6.45) is 1.01. The fourth-order valence-corrected chi connectivity index (χ4v) is 1.04. The van der Waals surface area contributed by atoms with E-state index in [2.05, 4.69) is 16.9 Å². The Morgan fingerprint density at radius 3 is 3.10 bits per heavy atom. The van der Waals surface area contributed by atoms with Gasteiger partial charge in [0.15, 0.2) is 0 Å². The third-order valence-corrected chi connectivity index (χ3v) is 1.82. The van der Waals surface area contributed by atoms with Crippen LogP contribution in [0.15, 0.2) is 5.11 Å². The van der Waals surface area contributed by atoms with Crippen LogP contribution in [0.4, 0.5) is 0 Å². The van der Waals surface area contributed by atoms with Crippen molar-refractivity contribution < 1.29 is 4.74 Å². The maximum Gasteiger partial charge on any atom is 0.0521 e. The highest BCUT2D eigenvalue weighted by Crippen LogP contribution is 2.27. The topological polar surface area (TPSA) is 58.0 Å². The monoisotopic (exact) mass is 141 g/mol. The predicted octanol–water partition coefficient (Wildman–Crippen LogP) is 1.72. The van der Waals surface area contributed by atoms with Gasteiger partial charge in [-0.25, -0.2) is 0 Å². The Morgan fingerprint density at radius 1 is 1.80 bits per heavy atom. The summed E-state index contributed by atoms with van der Waals surface area (Å²) in [5, 5.41) is 3.53. The summed E-state index contributed by atoms with van der Waals surface area (Å²) in [7, 11) is 0. The molecule has 1 aliphatic rings. The molecule has 0 radical (unpaired) electrons. The summed E-state index contributed by atoms with van der Waals surface area (Å²) in [5.74, 6) is 0. The zero-order chi connectivity index (χ0) is 7.45. The highest BCUT2D eigenvalue weighted by molar-refractivity contribution is 4.80. The molecule has 1 saturated heterocycles. The zero-order valence-electron chi connectivity index (χ0n) is 6.08. The minimum absolute atomic E-state index is 0.103. The zero-order valence-corrected chi connectivity index (χ0v) is 6.08. The van der Waals surface area contributed by atoms with Crippen molar-refractivity contribution in [1.29, 1.82) is 0 Å². The van der Waals surface area contributed by atoms with E-state index in [4.69, 9.17) is 10.3 Å². The van der Waals surface area contributed by atoms with E-state index < -0.39 is 0 Å². The van der Waals surface area contributed by atoms with E-state index in [1.165, 1.54) is 0 Å². The summed E-state index contributed by atoms with van der Waals surface area (Å²) in [6, 6.07) is 0. The number of hydrogen-bond donors (Lipinski definition) is 0. The van der Waals surface area contributed by atoms with Crippen molar-refractivity contribution in [2.24, 2.45) is 10.5 Å². The minimum Gasteiger partial charge on any atom is -0.381 e. The molecule has 0 aliphatic carbocycles. The van der Waals surface area contributed by atoms with Crippen LogP contribution >= 0.6 is 0 Å². The molecule has 56 valence electrons. The number of ether oxygens (including phenoxy) is 1. The maximum absolute atomic E-state index is 8.06. The van der Waals surface area contributed by atoms with Gasteiger partial charge in [0.2, 0.25) is 0 Å². The normalized spacial score (nSPS) is 31.7. The molecule has 0 spiro atoms. The van der Waals surface area contributed by atoms with Gasteiger partial charge in [-0.3, -0.25) is 0 Å². The summed E-state index contributed by atoms with van der Waals surface area (Å²) in [6.45, 7) is 4.17. The fourth-order valence-electron chi connectivity index (χ4n) is 1.04. The van der Waals surface area contributed by atoms with E-state index in [0.29, 0.717) is 6.54 Å². The standard InChI is InChI=1S/C6H11N3O/c1-6(4-8-9-7)2-3-10-5-6/h2-5H2,1H3. The smallest absolute Gasteiger partial charge is 0.0521 e. The predicted molar refractivity (Wildman–Crippen MR) is 37.6 cm³/mol. The Kier molecular flexibility index (Phi) is 2.14. The number of azide groups is 1. The molecule has 4 heteroatoms. The Balaban J connectivity index is 2.42. The molecule has 1 aliphatic heterocycles. The summed E-state index contributed by atoms with van der Waals surface area (Å²) in [5.41, 5.74) is 8.16. The van der Waals surface area contributed by atoms with Crippen LogP contribution in [-0.4, -0.2) is 19.8 Å². The van der Waals surface area contributed by atoms with Crippen molar-refractivity contribution in [3.63, 3.8) is 0 Å². The SMILES string of the molecule is CC1(CN=[N+]=[N-])CCOC1. The molecule has 0 N–H and O–H groups in total. The molecule has 0 saturated carbocycles. The molecule has 4 nitrogen and oxygen atoms in total. The van der Waals surface area contributed by atoms with Crippen LogP contribution in [0.3, 0.4) is 0 Å². The van der Waals surface area contributed by atoms with E-state index in [9.17, 15) is 0 Å². The Bertz CT molecular complexity index is 156. The molecular weight excluding hydrogens is 130 g/mol.